The second kappa shape index (κ2) is 4.28. The number of aliphatic imine (C=N–C) groups is 1. The molecule has 0 aliphatic carbocycles. The summed E-state index contributed by atoms with van der Waals surface area (Å²) in [5.41, 5.74) is -5.67. The Balaban J connectivity index is 2.88. The second-order valence-electron chi connectivity index (χ2n) is 2.82. The molecule has 0 atom stereocenters. The van der Waals surface area contributed by atoms with Crippen molar-refractivity contribution in [2.75, 3.05) is 6.54 Å². The summed E-state index contributed by atoms with van der Waals surface area (Å²) in [4.78, 5) is 3.64. The number of oxime groups is 1. The van der Waals surface area contributed by atoms with Crippen LogP contribution in [0.15, 0.2) is 10.1 Å². The molecule has 1 aliphatic rings. The molecule has 0 saturated carbocycles. The van der Waals surface area contributed by atoms with Gasteiger partial charge in [0.25, 0.3) is 5.90 Å². The predicted molar refractivity (Wildman–Crippen MR) is 46.8 cm³/mol. The quantitative estimate of drug-likeness (QED) is 0.199. The van der Waals surface area contributed by atoms with Gasteiger partial charge in [-0.2, -0.15) is 21.6 Å². The van der Waals surface area contributed by atoms with E-state index in [1.165, 1.54) is 0 Å². The average Bonchev–Trinajstić information content (AvgIpc) is 2.65. The van der Waals surface area contributed by atoms with Crippen LogP contribution in [0.3, 0.4) is 0 Å². The minimum Gasteiger partial charge on any atom is -0.408 e. The monoisotopic (exact) mass is 260 g/mol. The highest BCUT2D eigenvalue weighted by Crippen LogP contribution is 2.25. The molecule has 6 nitrogen and oxygen atoms in total. The Morgan fingerprint density at radius 2 is 2.12 bits per heavy atom. The van der Waals surface area contributed by atoms with Gasteiger partial charge in [-0.3, -0.25) is 4.99 Å². The first-order valence-corrected chi connectivity index (χ1v) is 5.45. The van der Waals surface area contributed by atoms with Crippen LogP contribution < -0.4 is 0 Å². The molecule has 1 rings (SSSR count). The summed E-state index contributed by atoms with van der Waals surface area (Å²) >= 11 is 0. The third-order valence-electron chi connectivity index (χ3n) is 1.68. The van der Waals surface area contributed by atoms with E-state index in [0.29, 0.717) is 13.0 Å². The molecule has 92 valence electrons. The number of rotatable bonds is 2. The Kier molecular flexibility index (Phi) is 3.41. The van der Waals surface area contributed by atoms with Crippen molar-refractivity contribution in [1.82, 2.24) is 0 Å². The molecule has 0 saturated heterocycles. The Bertz CT molecular complexity index is 426. The molecule has 0 unspecified atom stereocenters. The summed E-state index contributed by atoms with van der Waals surface area (Å²) in [7, 11) is -5.82. The van der Waals surface area contributed by atoms with E-state index in [-0.39, 0.29) is 12.1 Å². The highest BCUT2D eigenvalue weighted by atomic mass is 32.2. The van der Waals surface area contributed by atoms with E-state index in [1.807, 2.05) is 0 Å². The summed E-state index contributed by atoms with van der Waals surface area (Å²) < 4.78 is 60.6. The van der Waals surface area contributed by atoms with Crippen LogP contribution in [0.4, 0.5) is 13.2 Å². The van der Waals surface area contributed by atoms with E-state index in [4.69, 9.17) is 5.21 Å². The zero-order valence-electron chi connectivity index (χ0n) is 7.73. The molecule has 0 fully saturated rings. The molecular weight excluding hydrogens is 253 g/mol. The molecule has 0 bridgehead atoms. The summed E-state index contributed by atoms with van der Waals surface area (Å²) in [6.45, 7) is 0.323. The van der Waals surface area contributed by atoms with Gasteiger partial charge in [0, 0.05) is 6.54 Å². The van der Waals surface area contributed by atoms with Gasteiger partial charge in [0.2, 0.25) is 0 Å². The number of alkyl halides is 3. The molecule has 0 aromatic carbocycles. The van der Waals surface area contributed by atoms with Crippen molar-refractivity contribution >= 4 is 21.7 Å². The van der Waals surface area contributed by atoms with Crippen LogP contribution in [0.2, 0.25) is 0 Å². The smallest absolute Gasteiger partial charge is 0.408 e. The van der Waals surface area contributed by atoms with Crippen LogP contribution in [0, 0.1) is 0 Å². The maximum Gasteiger partial charge on any atom is 0.534 e. The fourth-order valence-corrected chi connectivity index (χ4v) is 1.42. The lowest BCUT2D eigenvalue weighted by molar-refractivity contribution is -0.0504. The minimum atomic E-state index is -5.82. The third kappa shape index (κ3) is 2.62. The largest absolute Gasteiger partial charge is 0.534 e. The van der Waals surface area contributed by atoms with E-state index in [9.17, 15) is 21.6 Å². The van der Waals surface area contributed by atoms with Crippen LogP contribution >= 0.6 is 0 Å². The van der Waals surface area contributed by atoms with Crippen LogP contribution in [0.1, 0.15) is 12.8 Å². The van der Waals surface area contributed by atoms with Crippen LogP contribution in [-0.4, -0.2) is 37.3 Å². The molecule has 16 heavy (non-hydrogen) atoms. The van der Waals surface area contributed by atoms with Crippen molar-refractivity contribution in [3.05, 3.63) is 0 Å². The van der Waals surface area contributed by atoms with Crippen molar-refractivity contribution in [2.45, 2.75) is 18.3 Å². The molecule has 10 heteroatoms. The van der Waals surface area contributed by atoms with E-state index in [1.54, 1.807) is 0 Å². The minimum absolute atomic E-state index is 0.102. The van der Waals surface area contributed by atoms with Gasteiger partial charge in [-0.1, -0.05) is 0 Å². The van der Waals surface area contributed by atoms with Crippen molar-refractivity contribution in [1.29, 1.82) is 0 Å². The normalized spacial score (nSPS) is 18.4. The van der Waals surface area contributed by atoms with Crippen LogP contribution in [-0.2, 0) is 14.3 Å². The molecule has 0 radical (unpaired) electrons. The standard InChI is InChI=1S/C6H7F3N2O4S/c7-6(8,9)16(13,14)15-5(11-12)4-2-1-3-10-4/h12H,1-3H2/b11-5+. The molecule has 0 spiro atoms. The zero-order chi connectivity index (χ0) is 12.4. The van der Waals surface area contributed by atoms with Gasteiger partial charge in [-0.15, -0.1) is 0 Å². The number of nitrogens with zero attached hydrogens (tertiary/aromatic N) is 2. The Morgan fingerprint density at radius 1 is 1.50 bits per heavy atom. The maximum atomic E-state index is 11.9. The number of hydrogen-bond acceptors (Lipinski definition) is 6. The lowest BCUT2D eigenvalue weighted by Crippen LogP contribution is -2.30. The van der Waals surface area contributed by atoms with Gasteiger partial charge in [0.1, 0.15) is 5.71 Å². The van der Waals surface area contributed by atoms with Crippen molar-refractivity contribution in [3.8, 4) is 0 Å². The molecule has 0 aromatic rings. The van der Waals surface area contributed by atoms with Crippen molar-refractivity contribution in [3.63, 3.8) is 0 Å². The van der Waals surface area contributed by atoms with Crippen molar-refractivity contribution < 1.29 is 31.0 Å². The number of halogens is 3. The summed E-state index contributed by atoms with van der Waals surface area (Å²) in [5, 5.41) is 10.7. The zero-order valence-corrected chi connectivity index (χ0v) is 8.55. The van der Waals surface area contributed by atoms with Gasteiger partial charge < -0.3 is 9.39 Å². The average molecular weight is 260 g/mol. The topological polar surface area (TPSA) is 88.3 Å². The SMILES string of the molecule is O=S(=O)(O/C(=N/O)C1=NCCC1)C(F)(F)F. The van der Waals surface area contributed by atoms with Gasteiger partial charge in [-0.25, -0.2) is 0 Å². The first-order valence-electron chi connectivity index (χ1n) is 4.04. The lowest BCUT2D eigenvalue weighted by atomic mass is 10.2. The van der Waals surface area contributed by atoms with Gasteiger partial charge in [0.15, 0.2) is 0 Å². The van der Waals surface area contributed by atoms with Crippen molar-refractivity contribution in [2.24, 2.45) is 10.1 Å². The summed E-state index contributed by atoms with van der Waals surface area (Å²) in [5.74, 6) is -1.03. The summed E-state index contributed by atoms with van der Waals surface area (Å²) in [6.07, 6.45) is 0.733. The van der Waals surface area contributed by atoms with Gasteiger partial charge in [-0.05, 0) is 18.0 Å². The number of hydrogen-bond donors (Lipinski definition) is 1. The lowest BCUT2D eigenvalue weighted by Gasteiger charge is -2.09. The second-order valence-corrected chi connectivity index (χ2v) is 4.36. The maximum absolute atomic E-state index is 11.9. The molecule has 0 amide bonds. The van der Waals surface area contributed by atoms with Gasteiger partial charge in [0.05, 0.1) is 0 Å². The van der Waals surface area contributed by atoms with Gasteiger partial charge >= 0.3 is 15.6 Å². The van der Waals surface area contributed by atoms with Crippen LogP contribution in [0.25, 0.3) is 0 Å². The summed E-state index contributed by atoms with van der Waals surface area (Å²) in [6, 6.07) is 0. The van der Waals surface area contributed by atoms with E-state index >= 15 is 0 Å². The fraction of sp³-hybridized carbons (Fsp3) is 0.667. The molecule has 0 aromatic heterocycles. The Labute approximate surface area is 88.5 Å². The molecular formula is C6H7F3N2O4S. The van der Waals surface area contributed by atoms with E-state index < -0.39 is 21.5 Å². The molecule has 1 N–H and O–H groups in total. The highest BCUT2D eigenvalue weighted by Gasteiger charge is 2.49. The Hall–Kier alpha value is -1.32. The predicted octanol–water partition coefficient (Wildman–Crippen LogP) is 0.875. The van der Waals surface area contributed by atoms with Crippen LogP contribution in [0.5, 0.6) is 0 Å². The first-order chi connectivity index (χ1) is 7.28. The Morgan fingerprint density at radius 3 is 2.50 bits per heavy atom. The molecule has 1 heterocycles. The third-order valence-corrected chi connectivity index (χ3v) is 2.63. The molecule has 1 aliphatic heterocycles. The first kappa shape index (κ1) is 12.7. The van der Waals surface area contributed by atoms with E-state index in [2.05, 4.69) is 14.3 Å². The fourth-order valence-electron chi connectivity index (χ4n) is 0.988. The van der Waals surface area contributed by atoms with E-state index in [0.717, 1.165) is 0 Å². The highest BCUT2D eigenvalue weighted by molar-refractivity contribution is 7.88.